The van der Waals surface area contributed by atoms with Gasteiger partial charge in [0.05, 0.1) is 12.0 Å². The van der Waals surface area contributed by atoms with Crippen molar-refractivity contribution in [1.82, 2.24) is 10.2 Å². The van der Waals surface area contributed by atoms with Crippen LogP contribution >= 0.6 is 11.3 Å². The fourth-order valence-corrected chi connectivity index (χ4v) is 4.48. The first-order valence-electron chi connectivity index (χ1n) is 8.72. The third-order valence-electron chi connectivity index (χ3n) is 4.72. The van der Waals surface area contributed by atoms with Crippen LogP contribution in [0.15, 0.2) is 30.3 Å². The van der Waals surface area contributed by atoms with Gasteiger partial charge in [-0.05, 0) is 37.0 Å². The van der Waals surface area contributed by atoms with Gasteiger partial charge in [-0.15, -0.1) is 11.3 Å². The van der Waals surface area contributed by atoms with Crippen LogP contribution < -0.4 is 10.1 Å². The number of carbonyl (C=O) groups is 2. The van der Waals surface area contributed by atoms with Crippen LogP contribution in [0.5, 0.6) is 5.75 Å². The number of nitrogens with zero attached hydrogens (tertiary/aromatic N) is 1. The van der Waals surface area contributed by atoms with Crippen LogP contribution in [-0.2, 0) is 24.2 Å². The third-order valence-corrected chi connectivity index (χ3v) is 5.94. The highest BCUT2D eigenvalue weighted by Gasteiger charge is 2.27. The van der Waals surface area contributed by atoms with Crippen molar-refractivity contribution in [2.45, 2.75) is 25.8 Å². The van der Waals surface area contributed by atoms with Gasteiger partial charge in [-0.2, -0.15) is 0 Å². The summed E-state index contributed by atoms with van der Waals surface area (Å²) in [5, 5.41) is 3.03. The van der Waals surface area contributed by atoms with Crippen molar-refractivity contribution in [1.29, 1.82) is 0 Å². The van der Waals surface area contributed by atoms with E-state index in [0.717, 1.165) is 34.6 Å². The second kappa shape index (κ2) is 7.91. The van der Waals surface area contributed by atoms with Crippen molar-refractivity contribution in [2.24, 2.45) is 5.92 Å². The van der Waals surface area contributed by atoms with E-state index in [1.54, 1.807) is 37.4 Å². The molecular weight excluding hydrogens is 348 g/mol. The Bertz CT molecular complexity index is 813. The number of nitrogens with one attached hydrogen (secondary N) is 1. The van der Waals surface area contributed by atoms with Gasteiger partial charge in [0.1, 0.15) is 5.75 Å². The van der Waals surface area contributed by atoms with E-state index in [1.807, 2.05) is 30.3 Å². The van der Waals surface area contributed by atoms with E-state index in [0.29, 0.717) is 13.0 Å². The van der Waals surface area contributed by atoms with Crippen molar-refractivity contribution >= 4 is 23.2 Å². The molecule has 3 rings (SSSR count). The quantitative estimate of drug-likeness (QED) is 0.878. The lowest BCUT2D eigenvalue weighted by Gasteiger charge is -2.21. The van der Waals surface area contributed by atoms with Crippen molar-refractivity contribution < 1.29 is 14.3 Å². The fraction of sp³-hybridized carbons (Fsp3) is 0.400. The van der Waals surface area contributed by atoms with Crippen LogP contribution in [0.25, 0.3) is 0 Å². The largest absolute Gasteiger partial charge is 0.496 e. The molecule has 1 N–H and O–H groups in total. The molecule has 1 aliphatic carbocycles. The average Bonchev–Trinajstić information content (AvgIpc) is 3.08. The van der Waals surface area contributed by atoms with Crippen molar-refractivity contribution in [2.75, 3.05) is 21.2 Å². The monoisotopic (exact) mass is 372 g/mol. The Morgan fingerprint density at radius 1 is 1.31 bits per heavy atom. The summed E-state index contributed by atoms with van der Waals surface area (Å²) >= 11 is 1.56. The number of carbonyl (C=O) groups excluding carboxylic acids is 2. The summed E-state index contributed by atoms with van der Waals surface area (Å²) in [6, 6.07) is 9.66. The molecule has 1 heterocycles. The summed E-state index contributed by atoms with van der Waals surface area (Å²) in [6.45, 7) is 0.459. The standard InChI is InChI=1S/C20H24N2O3S/c1-22(2)20(24)18-11-15-10-13(8-9-17(15)26-18)19(23)21-12-14-6-4-5-7-16(14)25-3/h4-7,11,13H,8-10,12H2,1-3H3,(H,21,23)/t13-/m1/s1. The number of hydrogen-bond donors (Lipinski definition) is 1. The predicted molar refractivity (Wildman–Crippen MR) is 103 cm³/mol. The number of fused-ring (bicyclic) bond motifs is 1. The zero-order chi connectivity index (χ0) is 18.7. The van der Waals surface area contributed by atoms with Gasteiger partial charge < -0.3 is 15.0 Å². The lowest BCUT2D eigenvalue weighted by Crippen LogP contribution is -2.33. The second-order valence-corrected chi connectivity index (χ2v) is 7.86. The first-order valence-corrected chi connectivity index (χ1v) is 9.54. The van der Waals surface area contributed by atoms with E-state index in [2.05, 4.69) is 5.32 Å². The molecule has 2 amide bonds. The van der Waals surface area contributed by atoms with E-state index in [4.69, 9.17) is 4.74 Å². The molecule has 0 aliphatic heterocycles. The van der Waals surface area contributed by atoms with Gasteiger partial charge in [0.25, 0.3) is 5.91 Å². The second-order valence-electron chi connectivity index (χ2n) is 6.73. The van der Waals surface area contributed by atoms with Gasteiger partial charge in [-0.25, -0.2) is 0 Å². The SMILES string of the molecule is COc1ccccc1CNC(=O)[C@@H]1CCc2sc(C(=O)N(C)C)cc2C1. The molecule has 0 spiro atoms. The van der Waals surface area contributed by atoms with Crippen LogP contribution in [0.3, 0.4) is 0 Å². The third kappa shape index (κ3) is 3.90. The molecule has 0 radical (unpaired) electrons. The number of rotatable bonds is 5. The maximum atomic E-state index is 12.6. The predicted octanol–water partition coefficient (Wildman–Crippen LogP) is 2.88. The van der Waals surface area contributed by atoms with Gasteiger partial charge in [0, 0.05) is 37.0 Å². The van der Waals surface area contributed by atoms with Crippen LogP contribution in [0.1, 0.15) is 32.1 Å². The minimum absolute atomic E-state index is 0.0292. The highest BCUT2D eigenvalue weighted by atomic mass is 32.1. The lowest BCUT2D eigenvalue weighted by molar-refractivity contribution is -0.125. The number of thiophene rings is 1. The average molecular weight is 372 g/mol. The number of para-hydroxylation sites is 1. The van der Waals surface area contributed by atoms with Gasteiger partial charge >= 0.3 is 0 Å². The Hall–Kier alpha value is -2.34. The summed E-state index contributed by atoms with van der Waals surface area (Å²) in [6.07, 6.45) is 2.37. The van der Waals surface area contributed by atoms with Crippen LogP contribution in [0.4, 0.5) is 0 Å². The van der Waals surface area contributed by atoms with E-state index in [9.17, 15) is 9.59 Å². The fourth-order valence-electron chi connectivity index (χ4n) is 3.25. The maximum absolute atomic E-state index is 12.6. The summed E-state index contributed by atoms with van der Waals surface area (Å²) < 4.78 is 5.33. The Kier molecular flexibility index (Phi) is 5.61. The summed E-state index contributed by atoms with van der Waals surface area (Å²) in [5.74, 6) is 0.826. The molecule has 0 saturated heterocycles. The molecule has 1 aliphatic rings. The molecule has 0 unspecified atom stereocenters. The highest BCUT2D eigenvalue weighted by Crippen LogP contribution is 2.33. The molecule has 0 fully saturated rings. The van der Waals surface area contributed by atoms with Gasteiger partial charge in [-0.1, -0.05) is 18.2 Å². The number of hydrogen-bond acceptors (Lipinski definition) is 4. The minimum Gasteiger partial charge on any atom is -0.496 e. The number of benzene rings is 1. The molecule has 6 heteroatoms. The molecule has 0 bridgehead atoms. The highest BCUT2D eigenvalue weighted by molar-refractivity contribution is 7.14. The zero-order valence-corrected chi connectivity index (χ0v) is 16.2. The van der Waals surface area contributed by atoms with Gasteiger partial charge in [0.15, 0.2) is 0 Å². The molecule has 26 heavy (non-hydrogen) atoms. The van der Waals surface area contributed by atoms with E-state index in [-0.39, 0.29) is 17.7 Å². The Labute approximate surface area is 158 Å². The Balaban J connectivity index is 1.63. The van der Waals surface area contributed by atoms with Gasteiger partial charge in [-0.3, -0.25) is 9.59 Å². The normalized spacial score (nSPS) is 15.9. The molecule has 1 aromatic carbocycles. The molecule has 1 atom stereocenters. The zero-order valence-electron chi connectivity index (χ0n) is 15.4. The van der Waals surface area contributed by atoms with Crippen LogP contribution in [0.2, 0.25) is 0 Å². The van der Waals surface area contributed by atoms with E-state index in [1.165, 1.54) is 4.88 Å². The maximum Gasteiger partial charge on any atom is 0.263 e. The molecular formula is C20H24N2O3S. The van der Waals surface area contributed by atoms with E-state index >= 15 is 0 Å². The van der Waals surface area contributed by atoms with Crippen LogP contribution in [0, 0.1) is 5.92 Å². The number of aryl methyl sites for hydroxylation is 1. The Morgan fingerprint density at radius 3 is 2.81 bits per heavy atom. The molecule has 5 nitrogen and oxygen atoms in total. The number of methoxy groups -OCH3 is 1. The van der Waals surface area contributed by atoms with E-state index < -0.39 is 0 Å². The summed E-state index contributed by atoms with van der Waals surface area (Å²) in [5.41, 5.74) is 2.11. The van der Waals surface area contributed by atoms with Crippen molar-refractivity contribution in [3.05, 3.63) is 51.2 Å². The first-order chi connectivity index (χ1) is 12.5. The topological polar surface area (TPSA) is 58.6 Å². The lowest BCUT2D eigenvalue weighted by atomic mass is 9.87. The molecule has 2 aromatic rings. The minimum atomic E-state index is -0.0471. The van der Waals surface area contributed by atoms with Crippen molar-refractivity contribution in [3.63, 3.8) is 0 Å². The summed E-state index contributed by atoms with van der Waals surface area (Å²) in [7, 11) is 5.15. The number of amides is 2. The molecule has 1 aromatic heterocycles. The Morgan fingerprint density at radius 2 is 2.08 bits per heavy atom. The van der Waals surface area contributed by atoms with Crippen LogP contribution in [-0.4, -0.2) is 37.9 Å². The molecule has 0 saturated carbocycles. The summed E-state index contributed by atoms with van der Waals surface area (Å²) in [4.78, 5) is 28.3. The molecule has 138 valence electrons. The van der Waals surface area contributed by atoms with Gasteiger partial charge in [0.2, 0.25) is 5.91 Å². The van der Waals surface area contributed by atoms with Crippen molar-refractivity contribution in [3.8, 4) is 5.75 Å². The first kappa shape index (κ1) is 18.5. The number of ether oxygens (including phenoxy) is 1. The smallest absolute Gasteiger partial charge is 0.263 e.